The van der Waals surface area contributed by atoms with Crippen molar-refractivity contribution in [3.63, 3.8) is 0 Å². The number of hydrogen-bond donors (Lipinski definition) is 1. The second-order valence-electron chi connectivity index (χ2n) is 12.0. The summed E-state index contributed by atoms with van der Waals surface area (Å²) in [4.78, 5) is 43.7. The number of para-hydroxylation sites is 1. The van der Waals surface area contributed by atoms with Gasteiger partial charge in [-0.2, -0.15) is 5.10 Å². The predicted octanol–water partition coefficient (Wildman–Crippen LogP) is 5.09. The van der Waals surface area contributed by atoms with Crippen LogP contribution in [0.2, 0.25) is 0 Å². The van der Waals surface area contributed by atoms with Gasteiger partial charge in [-0.1, -0.05) is 50.3 Å². The van der Waals surface area contributed by atoms with Crippen LogP contribution >= 0.6 is 11.3 Å². The van der Waals surface area contributed by atoms with E-state index in [-0.39, 0.29) is 31.0 Å². The van der Waals surface area contributed by atoms with Crippen molar-refractivity contribution in [1.82, 2.24) is 24.2 Å². The number of methoxy groups -OCH3 is 1. The van der Waals surface area contributed by atoms with E-state index in [0.717, 1.165) is 40.8 Å². The van der Waals surface area contributed by atoms with Crippen molar-refractivity contribution in [2.75, 3.05) is 20.3 Å². The lowest BCUT2D eigenvalue weighted by atomic mass is 9.95. The molecule has 0 bridgehead atoms. The van der Waals surface area contributed by atoms with Crippen LogP contribution < -0.4 is 21.3 Å². The Balaban J connectivity index is 1.76. The number of nitrogens with one attached hydrogen (secondary N) is 1. The highest BCUT2D eigenvalue weighted by Gasteiger charge is 2.39. The molecule has 1 aliphatic heterocycles. The van der Waals surface area contributed by atoms with E-state index in [2.05, 4.69) is 10.4 Å². The van der Waals surface area contributed by atoms with Crippen molar-refractivity contribution in [1.29, 1.82) is 0 Å². The van der Waals surface area contributed by atoms with Gasteiger partial charge in [0, 0.05) is 42.8 Å². The maximum Gasteiger partial charge on any atom is 0.333 e. The Kier molecular flexibility index (Phi) is 10.5. The molecule has 2 atom stereocenters. The first kappa shape index (κ1) is 33.6. The fourth-order valence-electron chi connectivity index (χ4n) is 6.15. The van der Waals surface area contributed by atoms with Crippen molar-refractivity contribution < 1.29 is 19.0 Å². The Morgan fingerprint density at radius 2 is 1.87 bits per heavy atom. The lowest BCUT2D eigenvalue weighted by Gasteiger charge is -2.32. The zero-order chi connectivity index (χ0) is 33.0. The molecule has 0 radical (unpaired) electrons. The number of benzene rings is 1. The molecule has 0 aliphatic carbocycles. The first-order valence-electron chi connectivity index (χ1n) is 16.1. The molecular weight excluding hydrogens is 606 g/mol. The fraction of sp³-hybridized carbons (Fsp3) is 0.529. The van der Waals surface area contributed by atoms with Crippen LogP contribution in [0.1, 0.15) is 77.0 Å². The van der Waals surface area contributed by atoms with Crippen molar-refractivity contribution in [2.45, 2.75) is 97.1 Å². The van der Waals surface area contributed by atoms with Gasteiger partial charge in [0.25, 0.3) is 5.56 Å². The molecule has 1 unspecified atom stereocenters. The van der Waals surface area contributed by atoms with Gasteiger partial charge in [0.05, 0.1) is 25.1 Å². The number of carbonyl (C=O) groups is 1. The van der Waals surface area contributed by atoms with Crippen molar-refractivity contribution in [2.24, 2.45) is 0 Å². The molecule has 1 aromatic carbocycles. The number of fused-ring (bicyclic) bond motifs is 1. The number of aryl methyl sites for hydroxylation is 1. The summed E-state index contributed by atoms with van der Waals surface area (Å²) >= 11 is 1.33. The number of carbonyl (C=O) groups excluding carboxylic acids is 1. The van der Waals surface area contributed by atoms with Crippen LogP contribution in [0.5, 0.6) is 5.75 Å². The van der Waals surface area contributed by atoms with Crippen LogP contribution in [0.3, 0.4) is 0 Å². The lowest BCUT2D eigenvalue weighted by Crippen LogP contribution is -2.58. The summed E-state index contributed by atoms with van der Waals surface area (Å²) in [5.41, 5.74) is -1.01. The Bertz CT molecular complexity index is 1770. The molecule has 4 aromatic rings. The molecule has 1 fully saturated rings. The monoisotopic (exact) mass is 651 g/mol. The highest BCUT2D eigenvalue weighted by atomic mass is 32.1. The zero-order valence-electron chi connectivity index (χ0n) is 27.6. The van der Waals surface area contributed by atoms with Gasteiger partial charge in [-0.05, 0) is 58.1 Å². The second kappa shape index (κ2) is 14.4. The topological polar surface area (TPSA) is 119 Å². The molecule has 0 saturated carbocycles. The fourth-order valence-corrected chi connectivity index (χ4v) is 7.39. The predicted molar refractivity (Wildman–Crippen MR) is 179 cm³/mol. The minimum Gasteiger partial charge on any atom is -0.496 e. The highest BCUT2D eigenvalue weighted by Crippen LogP contribution is 2.35. The van der Waals surface area contributed by atoms with E-state index >= 15 is 0 Å². The summed E-state index contributed by atoms with van der Waals surface area (Å²) < 4.78 is 22.5. The van der Waals surface area contributed by atoms with Gasteiger partial charge in [-0.3, -0.25) is 14.2 Å². The summed E-state index contributed by atoms with van der Waals surface area (Å²) in [5.74, 6) is 0.286. The van der Waals surface area contributed by atoms with Gasteiger partial charge in [-0.25, -0.2) is 14.0 Å². The Morgan fingerprint density at radius 1 is 1.15 bits per heavy atom. The largest absolute Gasteiger partial charge is 0.496 e. The Morgan fingerprint density at radius 3 is 2.50 bits per heavy atom. The average molecular weight is 652 g/mol. The van der Waals surface area contributed by atoms with Crippen LogP contribution in [0.4, 0.5) is 0 Å². The number of hydrogen-bond acceptors (Lipinski definition) is 8. The molecule has 3 aromatic heterocycles. The van der Waals surface area contributed by atoms with Gasteiger partial charge in [-0.15, -0.1) is 0 Å². The number of aromatic nitrogens is 4. The second-order valence-corrected chi connectivity index (χ2v) is 13.0. The maximum atomic E-state index is 14.8. The molecule has 11 nitrogen and oxygen atoms in total. The average Bonchev–Trinajstić information content (AvgIpc) is 3.73. The zero-order valence-corrected chi connectivity index (χ0v) is 28.4. The molecule has 0 spiro atoms. The van der Waals surface area contributed by atoms with Crippen molar-refractivity contribution >= 4 is 27.5 Å². The third kappa shape index (κ3) is 6.30. The summed E-state index contributed by atoms with van der Waals surface area (Å²) in [6.45, 7) is 10.7. The van der Waals surface area contributed by atoms with Crippen LogP contribution in [0.25, 0.3) is 15.2 Å². The van der Waals surface area contributed by atoms with E-state index in [1.165, 1.54) is 11.3 Å². The third-order valence-electron chi connectivity index (χ3n) is 9.25. The van der Waals surface area contributed by atoms with Gasteiger partial charge >= 0.3 is 5.69 Å². The molecule has 1 N–H and O–H groups in total. The van der Waals surface area contributed by atoms with E-state index < -0.39 is 22.9 Å². The normalized spacial score (nSPS) is 16.1. The molecule has 248 valence electrons. The molecule has 1 amide bonds. The van der Waals surface area contributed by atoms with E-state index in [0.29, 0.717) is 34.7 Å². The van der Waals surface area contributed by atoms with Crippen LogP contribution in [-0.4, -0.2) is 57.3 Å². The minimum absolute atomic E-state index is 0.0721. The number of rotatable bonds is 13. The van der Waals surface area contributed by atoms with Crippen molar-refractivity contribution in [3.8, 4) is 10.8 Å². The lowest BCUT2D eigenvalue weighted by molar-refractivity contribution is -0.130. The molecule has 1 saturated heterocycles. The van der Waals surface area contributed by atoms with Crippen LogP contribution in [0, 0.1) is 6.92 Å². The summed E-state index contributed by atoms with van der Waals surface area (Å²) in [5, 5.41) is 8.62. The quantitative estimate of drug-likeness (QED) is 0.214. The standard InChI is InChI=1S/C34H45N5O6S/c1-7-23(8-2)36-32(41)34(5,9-3)39-29(40)28-22(4)30(38-18-12-17-35-38)46-31(28)37(33(39)42)21-27(45-24-15-19-44-20-16-24)25-13-10-11-14-26(25)43-6/h10-14,17-18,23-24,27H,7-9,15-16,19-21H2,1-6H3,(H,36,41)/t27-,34?/m0/s1. The van der Waals surface area contributed by atoms with E-state index in [9.17, 15) is 14.4 Å². The maximum absolute atomic E-state index is 14.8. The third-order valence-corrected chi connectivity index (χ3v) is 10.6. The van der Waals surface area contributed by atoms with Crippen molar-refractivity contribution in [3.05, 3.63) is 74.7 Å². The molecule has 46 heavy (non-hydrogen) atoms. The number of ether oxygens (including phenoxy) is 3. The van der Waals surface area contributed by atoms with Gasteiger partial charge in [0.15, 0.2) is 0 Å². The smallest absolute Gasteiger partial charge is 0.333 e. The van der Waals surface area contributed by atoms with E-state index in [1.54, 1.807) is 29.5 Å². The Hall–Kier alpha value is -3.74. The van der Waals surface area contributed by atoms with E-state index in [4.69, 9.17) is 14.2 Å². The molecule has 1 aliphatic rings. The first-order chi connectivity index (χ1) is 22.2. The SMILES string of the molecule is CCC(CC)NC(=O)C(C)(CC)n1c(=O)c2c(C)c(-n3cccn3)sc2n(C[C@H](OC2CCOCC2)c2ccccc2OC)c1=O. The molecule has 5 rings (SSSR count). The molecule has 12 heteroatoms. The van der Waals surface area contributed by atoms with E-state index in [1.807, 2.05) is 64.2 Å². The minimum atomic E-state index is -1.44. The van der Waals surface area contributed by atoms with Gasteiger partial charge < -0.3 is 19.5 Å². The summed E-state index contributed by atoms with van der Waals surface area (Å²) in [6.07, 6.45) is 5.97. The Labute approximate surface area is 273 Å². The van der Waals surface area contributed by atoms with Crippen LogP contribution in [-0.2, 0) is 26.4 Å². The summed E-state index contributed by atoms with van der Waals surface area (Å²) in [6, 6.07) is 9.36. The number of amides is 1. The number of thiophene rings is 1. The first-order valence-corrected chi connectivity index (χ1v) is 17.0. The van der Waals surface area contributed by atoms with Crippen LogP contribution in [0.15, 0.2) is 52.3 Å². The summed E-state index contributed by atoms with van der Waals surface area (Å²) in [7, 11) is 1.61. The van der Waals surface area contributed by atoms with Gasteiger partial charge in [0.1, 0.15) is 27.2 Å². The highest BCUT2D eigenvalue weighted by molar-refractivity contribution is 7.21. The molecular formula is C34H45N5O6S. The molecule has 4 heterocycles. The number of nitrogens with zero attached hydrogens (tertiary/aromatic N) is 4. The van der Waals surface area contributed by atoms with Gasteiger partial charge in [0.2, 0.25) is 5.91 Å².